The molecule has 0 radical (unpaired) electrons. The van der Waals surface area contributed by atoms with Crippen molar-refractivity contribution in [2.45, 2.75) is 13.3 Å². The second kappa shape index (κ2) is 7.72. The summed E-state index contributed by atoms with van der Waals surface area (Å²) in [5.74, 6) is 2.40. The van der Waals surface area contributed by atoms with Crippen LogP contribution in [0.2, 0.25) is 0 Å². The maximum absolute atomic E-state index is 5.48. The van der Waals surface area contributed by atoms with Gasteiger partial charge in [-0.25, -0.2) is 14.5 Å². The summed E-state index contributed by atoms with van der Waals surface area (Å²) in [5.41, 5.74) is 6.11. The molecule has 0 bridgehead atoms. The fraction of sp³-hybridized carbons (Fsp3) is 0.160. The lowest BCUT2D eigenvalue weighted by atomic mass is 10.1. The van der Waals surface area contributed by atoms with E-state index in [2.05, 4.69) is 39.9 Å². The molecule has 154 valence electrons. The van der Waals surface area contributed by atoms with E-state index in [9.17, 15) is 0 Å². The normalized spacial score (nSPS) is 11.2. The van der Waals surface area contributed by atoms with Gasteiger partial charge in [-0.3, -0.25) is 0 Å². The maximum Gasteiger partial charge on any atom is 0.185 e. The minimum atomic E-state index is 0.658. The van der Waals surface area contributed by atoms with Crippen molar-refractivity contribution in [3.05, 3.63) is 89.9 Å². The van der Waals surface area contributed by atoms with Gasteiger partial charge in [0.05, 0.1) is 18.4 Å². The summed E-state index contributed by atoms with van der Waals surface area (Å²) in [6.45, 7) is 2.01. The Morgan fingerprint density at radius 3 is 2.45 bits per heavy atom. The summed E-state index contributed by atoms with van der Waals surface area (Å²) >= 11 is 0. The van der Waals surface area contributed by atoms with Gasteiger partial charge >= 0.3 is 0 Å². The average molecular weight is 409 g/mol. The molecule has 2 aromatic carbocycles. The number of nitrogens with zero attached hydrogens (tertiary/aromatic N) is 5. The molecule has 5 aromatic rings. The van der Waals surface area contributed by atoms with Gasteiger partial charge in [-0.2, -0.15) is 0 Å². The zero-order valence-electron chi connectivity index (χ0n) is 17.8. The van der Waals surface area contributed by atoms with Crippen LogP contribution in [-0.4, -0.2) is 31.3 Å². The number of pyridine rings is 1. The van der Waals surface area contributed by atoms with Crippen molar-refractivity contribution < 1.29 is 4.74 Å². The lowest BCUT2D eigenvalue weighted by Gasteiger charge is -2.06. The van der Waals surface area contributed by atoms with E-state index in [1.807, 2.05) is 61.1 Å². The van der Waals surface area contributed by atoms with Crippen LogP contribution < -0.4 is 4.74 Å². The molecule has 3 heterocycles. The van der Waals surface area contributed by atoms with Gasteiger partial charge in [-0.1, -0.05) is 42.5 Å². The lowest BCUT2D eigenvalue weighted by Crippen LogP contribution is -2.00. The third-order valence-electron chi connectivity index (χ3n) is 5.38. The molecule has 0 fully saturated rings. The number of hydrogen-bond acceptors (Lipinski definition) is 4. The number of imidazole rings is 1. The first-order chi connectivity index (χ1) is 15.1. The predicted molar refractivity (Wildman–Crippen MR) is 121 cm³/mol. The minimum absolute atomic E-state index is 0.658. The van der Waals surface area contributed by atoms with Gasteiger partial charge in [0.2, 0.25) is 0 Å². The van der Waals surface area contributed by atoms with E-state index < -0.39 is 0 Å². The Morgan fingerprint density at radius 2 is 1.71 bits per heavy atom. The zero-order valence-corrected chi connectivity index (χ0v) is 17.8. The standard InChI is InChI=1S/C25H23N5O/c1-17-16-29(2)25(26-17)19-13-11-18(12-14-19)15-20-7-6-10-23-27-24(28-30(20)23)21-8-4-5-9-22(21)31-3/h4-14,16H,15H2,1-3H3. The summed E-state index contributed by atoms with van der Waals surface area (Å²) in [6, 6.07) is 22.4. The van der Waals surface area contributed by atoms with Gasteiger partial charge in [-0.15, -0.1) is 5.10 Å². The number of para-hydroxylation sites is 1. The molecule has 0 spiro atoms. The Kier molecular flexibility index (Phi) is 4.75. The Bertz CT molecular complexity index is 1360. The Balaban J connectivity index is 1.47. The highest BCUT2D eigenvalue weighted by atomic mass is 16.5. The summed E-state index contributed by atoms with van der Waals surface area (Å²) < 4.78 is 9.45. The quantitative estimate of drug-likeness (QED) is 0.422. The minimum Gasteiger partial charge on any atom is -0.496 e. The molecule has 0 amide bonds. The number of aryl methyl sites for hydroxylation is 2. The second-order valence-electron chi connectivity index (χ2n) is 7.61. The topological polar surface area (TPSA) is 57.2 Å². The third kappa shape index (κ3) is 3.57. The van der Waals surface area contributed by atoms with Crippen LogP contribution in [0, 0.1) is 6.92 Å². The molecule has 0 N–H and O–H groups in total. The monoisotopic (exact) mass is 409 g/mol. The summed E-state index contributed by atoms with van der Waals surface area (Å²) in [4.78, 5) is 9.33. The molecule has 0 saturated heterocycles. The second-order valence-corrected chi connectivity index (χ2v) is 7.61. The molecular formula is C25H23N5O. The highest BCUT2D eigenvalue weighted by molar-refractivity contribution is 5.66. The number of benzene rings is 2. The van der Waals surface area contributed by atoms with Crippen molar-refractivity contribution in [1.29, 1.82) is 0 Å². The Labute approximate surface area is 180 Å². The molecule has 0 unspecified atom stereocenters. The first-order valence-corrected chi connectivity index (χ1v) is 10.2. The van der Waals surface area contributed by atoms with Crippen LogP contribution in [0.3, 0.4) is 0 Å². The summed E-state index contributed by atoms with van der Waals surface area (Å²) in [7, 11) is 3.68. The molecule has 6 nitrogen and oxygen atoms in total. The molecule has 0 aliphatic heterocycles. The molecule has 0 aliphatic rings. The number of hydrogen-bond donors (Lipinski definition) is 0. The maximum atomic E-state index is 5.48. The van der Waals surface area contributed by atoms with E-state index in [-0.39, 0.29) is 0 Å². The van der Waals surface area contributed by atoms with Crippen molar-refractivity contribution in [3.63, 3.8) is 0 Å². The van der Waals surface area contributed by atoms with Crippen LogP contribution in [0.1, 0.15) is 17.0 Å². The fourth-order valence-corrected chi connectivity index (χ4v) is 3.90. The van der Waals surface area contributed by atoms with Crippen LogP contribution in [0.5, 0.6) is 5.75 Å². The van der Waals surface area contributed by atoms with Crippen molar-refractivity contribution >= 4 is 5.65 Å². The fourth-order valence-electron chi connectivity index (χ4n) is 3.90. The molecular weight excluding hydrogens is 386 g/mol. The van der Waals surface area contributed by atoms with Gasteiger partial charge in [0.1, 0.15) is 11.6 Å². The number of fused-ring (bicyclic) bond motifs is 1. The molecule has 0 saturated carbocycles. The average Bonchev–Trinajstić information content (AvgIpc) is 3.37. The van der Waals surface area contributed by atoms with E-state index in [0.29, 0.717) is 5.82 Å². The first kappa shape index (κ1) is 19.1. The van der Waals surface area contributed by atoms with Crippen molar-refractivity contribution in [1.82, 2.24) is 24.1 Å². The van der Waals surface area contributed by atoms with Crippen LogP contribution >= 0.6 is 0 Å². The zero-order chi connectivity index (χ0) is 21.4. The highest BCUT2D eigenvalue weighted by Crippen LogP contribution is 2.28. The summed E-state index contributed by atoms with van der Waals surface area (Å²) in [5, 5.41) is 4.78. The Morgan fingerprint density at radius 1 is 0.903 bits per heavy atom. The van der Waals surface area contributed by atoms with Crippen LogP contribution in [-0.2, 0) is 13.5 Å². The number of aromatic nitrogens is 5. The van der Waals surface area contributed by atoms with E-state index >= 15 is 0 Å². The SMILES string of the molecule is COc1ccccc1-c1nc2cccc(Cc3ccc(-c4nc(C)cn4C)cc3)n2n1. The van der Waals surface area contributed by atoms with Crippen LogP contribution in [0.15, 0.2) is 72.9 Å². The Hall–Kier alpha value is -3.93. The summed E-state index contributed by atoms with van der Waals surface area (Å²) in [6.07, 6.45) is 2.79. The van der Waals surface area contributed by atoms with Crippen molar-refractivity contribution in [2.24, 2.45) is 7.05 Å². The molecule has 6 heteroatoms. The lowest BCUT2D eigenvalue weighted by molar-refractivity contribution is 0.416. The van der Waals surface area contributed by atoms with Crippen molar-refractivity contribution in [2.75, 3.05) is 7.11 Å². The molecule has 0 aliphatic carbocycles. The first-order valence-electron chi connectivity index (χ1n) is 10.2. The van der Waals surface area contributed by atoms with Crippen LogP contribution in [0.25, 0.3) is 28.4 Å². The molecule has 31 heavy (non-hydrogen) atoms. The van der Waals surface area contributed by atoms with E-state index in [1.54, 1.807) is 7.11 Å². The van der Waals surface area contributed by atoms with Gasteiger partial charge in [0.15, 0.2) is 11.5 Å². The number of rotatable bonds is 5. The van der Waals surface area contributed by atoms with E-state index in [4.69, 9.17) is 14.8 Å². The van der Waals surface area contributed by atoms with Gasteiger partial charge in [-0.05, 0) is 36.8 Å². The van der Waals surface area contributed by atoms with E-state index in [0.717, 1.165) is 46.2 Å². The van der Waals surface area contributed by atoms with Gasteiger partial charge in [0.25, 0.3) is 0 Å². The predicted octanol–water partition coefficient (Wildman–Crippen LogP) is 4.70. The third-order valence-corrected chi connectivity index (χ3v) is 5.38. The molecule has 0 atom stereocenters. The largest absolute Gasteiger partial charge is 0.496 e. The smallest absolute Gasteiger partial charge is 0.185 e. The van der Waals surface area contributed by atoms with E-state index in [1.165, 1.54) is 5.56 Å². The van der Waals surface area contributed by atoms with Gasteiger partial charge in [0, 0.05) is 30.9 Å². The molecule has 3 aromatic heterocycles. The highest BCUT2D eigenvalue weighted by Gasteiger charge is 2.13. The van der Waals surface area contributed by atoms with Crippen molar-refractivity contribution in [3.8, 4) is 28.5 Å². The number of ether oxygens (including phenoxy) is 1. The van der Waals surface area contributed by atoms with Gasteiger partial charge < -0.3 is 9.30 Å². The van der Waals surface area contributed by atoms with Crippen LogP contribution in [0.4, 0.5) is 0 Å². The number of methoxy groups -OCH3 is 1. The molecule has 5 rings (SSSR count).